The summed E-state index contributed by atoms with van der Waals surface area (Å²) in [6, 6.07) is 16.1. The first-order chi connectivity index (χ1) is 12.1. The summed E-state index contributed by atoms with van der Waals surface area (Å²) in [5.74, 6) is -1.58. The van der Waals surface area contributed by atoms with Gasteiger partial charge in [-0.15, -0.1) is 0 Å². The highest BCUT2D eigenvalue weighted by Crippen LogP contribution is 2.13. The Morgan fingerprint density at radius 2 is 1.80 bits per heavy atom. The van der Waals surface area contributed by atoms with Crippen LogP contribution in [0.25, 0.3) is 6.08 Å². The number of nitriles is 1. The first kappa shape index (κ1) is 17.9. The Balaban J connectivity index is 1.92. The van der Waals surface area contributed by atoms with Gasteiger partial charge in [0, 0.05) is 11.8 Å². The third kappa shape index (κ3) is 5.59. The Morgan fingerprint density at radius 1 is 1.12 bits per heavy atom. The number of esters is 1. The highest BCUT2D eigenvalue weighted by Gasteiger charge is 2.16. The number of hydrogen-bond donors (Lipinski definition) is 0. The number of ether oxygens (including phenoxy) is 1. The molecule has 0 unspecified atom stereocenters. The van der Waals surface area contributed by atoms with Crippen molar-refractivity contribution in [3.8, 4) is 6.07 Å². The smallest absolute Gasteiger partial charge is 0.331 e. The molecule has 2 aromatic carbocycles. The van der Waals surface area contributed by atoms with E-state index in [1.54, 1.807) is 30.3 Å². The maximum atomic E-state index is 12.8. The fourth-order valence-corrected chi connectivity index (χ4v) is 2.00. The zero-order chi connectivity index (χ0) is 18.1. The number of hydrogen-bond acceptors (Lipinski definition) is 4. The zero-order valence-electron chi connectivity index (χ0n) is 13.3. The predicted octanol–water partition coefficient (Wildman–Crippen LogP) is 2.94. The first-order valence-electron chi connectivity index (χ1n) is 7.43. The van der Waals surface area contributed by atoms with Gasteiger partial charge in [-0.05, 0) is 35.9 Å². The van der Waals surface area contributed by atoms with E-state index in [0.717, 1.165) is 6.08 Å². The van der Waals surface area contributed by atoms with E-state index < -0.39 is 18.5 Å². The Morgan fingerprint density at radius 3 is 2.44 bits per heavy atom. The number of benzene rings is 2. The summed E-state index contributed by atoms with van der Waals surface area (Å²) in [6.45, 7) is -0.630. The fourth-order valence-electron chi connectivity index (χ4n) is 2.00. The number of carbonyl (C=O) groups is 2. The van der Waals surface area contributed by atoms with E-state index in [1.807, 2.05) is 6.07 Å². The number of para-hydroxylation sites is 1. The van der Waals surface area contributed by atoms with Crippen molar-refractivity contribution < 1.29 is 18.7 Å². The van der Waals surface area contributed by atoms with Crippen LogP contribution in [-0.4, -0.2) is 25.0 Å². The lowest BCUT2D eigenvalue weighted by Crippen LogP contribution is -2.34. The van der Waals surface area contributed by atoms with E-state index in [1.165, 1.54) is 35.2 Å². The van der Waals surface area contributed by atoms with Crippen LogP contribution in [0.5, 0.6) is 0 Å². The average Bonchev–Trinajstić information content (AvgIpc) is 2.64. The number of halogens is 1. The second kappa shape index (κ2) is 8.99. The van der Waals surface area contributed by atoms with Crippen molar-refractivity contribution in [2.75, 3.05) is 18.1 Å². The van der Waals surface area contributed by atoms with Crippen LogP contribution < -0.4 is 4.90 Å². The third-order valence-corrected chi connectivity index (χ3v) is 3.22. The minimum atomic E-state index is -0.706. The highest BCUT2D eigenvalue weighted by atomic mass is 19.1. The summed E-state index contributed by atoms with van der Waals surface area (Å²) in [4.78, 5) is 25.1. The highest BCUT2D eigenvalue weighted by molar-refractivity contribution is 5.96. The predicted molar refractivity (Wildman–Crippen MR) is 90.8 cm³/mol. The van der Waals surface area contributed by atoms with Crippen molar-refractivity contribution in [3.63, 3.8) is 0 Å². The fraction of sp³-hybridized carbons (Fsp3) is 0.105. The van der Waals surface area contributed by atoms with E-state index in [4.69, 9.17) is 10.00 Å². The van der Waals surface area contributed by atoms with E-state index in [0.29, 0.717) is 11.3 Å². The van der Waals surface area contributed by atoms with E-state index in [2.05, 4.69) is 0 Å². The van der Waals surface area contributed by atoms with Crippen molar-refractivity contribution in [1.82, 2.24) is 0 Å². The van der Waals surface area contributed by atoms with Gasteiger partial charge in [-0.25, -0.2) is 9.18 Å². The van der Waals surface area contributed by atoms with Crippen LogP contribution in [0.4, 0.5) is 10.1 Å². The summed E-state index contributed by atoms with van der Waals surface area (Å²) in [6.07, 6.45) is 2.61. The van der Waals surface area contributed by atoms with Crippen molar-refractivity contribution in [2.45, 2.75) is 0 Å². The van der Waals surface area contributed by atoms with Crippen molar-refractivity contribution >= 4 is 23.6 Å². The van der Waals surface area contributed by atoms with Gasteiger partial charge in [0.1, 0.15) is 12.4 Å². The van der Waals surface area contributed by atoms with Gasteiger partial charge in [0.2, 0.25) is 0 Å². The lowest BCUT2D eigenvalue weighted by molar-refractivity contribution is -0.142. The number of nitrogens with zero attached hydrogens (tertiary/aromatic N) is 2. The molecule has 0 heterocycles. The summed E-state index contributed by atoms with van der Waals surface area (Å²) < 4.78 is 17.7. The van der Waals surface area contributed by atoms with Crippen LogP contribution in [0.2, 0.25) is 0 Å². The molecule has 0 aliphatic heterocycles. The van der Waals surface area contributed by atoms with Crippen LogP contribution in [-0.2, 0) is 14.3 Å². The molecule has 6 heteroatoms. The molecule has 2 aromatic rings. The number of rotatable bonds is 6. The normalized spacial score (nSPS) is 10.2. The standard InChI is InChI=1S/C19H15FN2O3/c20-16-9-6-15(7-10-16)8-11-19(24)25-14-18(23)22(13-12-21)17-4-2-1-3-5-17/h1-11H,13-14H2/b11-8+. The monoisotopic (exact) mass is 338 g/mol. The molecule has 5 nitrogen and oxygen atoms in total. The maximum Gasteiger partial charge on any atom is 0.331 e. The molecule has 0 aliphatic carbocycles. The summed E-state index contributed by atoms with van der Waals surface area (Å²) in [7, 11) is 0. The van der Waals surface area contributed by atoms with Gasteiger partial charge in [-0.3, -0.25) is 9.69 Å². The van der Waals surface area contributed by atoms with Crippen LogP contribution in [0, 0.1) is 17.1 Å². The van der Waals surface area contributed by atoms with Crippen LogP contribution in [0.15, 0.2) is 60.7 Å². The van der Waals surface area contributed by atoms with Crippen molar-refractivity contribution in [2.24, 2.45) is 0 Å². The second-order valence-electron chi connectivity index (χ2n) is 4.97. The maximum absolute atomic E-state index is 12.8. The van der Waals surface area contributed by atoms with Gasteiger partial charge in [-0.2, -0.15) is 5.26 Å². The molecule has 0 bridgehead atoms. The molecule has 0 atom stereocenters. The number of anilines is 1. The van der Waals surface area contributed by atoms with Crippen LogP contribution >= 0.6 is 0 Å². The van der Waals surface area contributed by atoms with E-state index >= 15 is 0 Å². The molecule has 0 N–H and O–H groups in total. The topological polar surface area (TPSA) is 70.4 Å². The zero-order valence-corrected chi connectivity index (χ0v) is 13.3. The van der Waals surface area contributed by atoms with E-state index in [9.17, 15) is 14.0 Å². The van der Waals surface area contributed by atoms with Gasteiger partial charge < -0.3 is 4.74 Å². The average molecular weight is 338 g/mol. The number of carbonyl (C=O) groups excluding carboxylic acids is 2. The minimum Gasteiger partial charge on any atom is -0.452 e. The Hall–Kier alpha value is -3.46. The Kier molecular flexibility index (Phi) is 6.43. The Bertz CT molecular complexity index is 796. The molecule has 0 aromatic heterocycles. The van der Waals surface area contributed by atoms with Crippen molar-refractivity contribution in [1.29, 1.82) is 5.26 Å². The van der Waals surface area contributed by atoms with Crippen LogP contribution in [0.1, 0.15) is 5.56 Å². The van der Waals surface area contributed by atoms with E-state index in [-0.39, 0.29) is 12.4 Å². The molecule has 126 valence electrons. The second-order valence-corrected chi connectivity index (χ2v) is 4.97. The van der Waals surface area contributed by atoms with Gasteiger partial charge >= 0.3 is 5.97 Å². The third-order valence-electron chi connectivity index (χ3n) is 3.22. The summed E-state index contributed by atoms with van der Waals surface area (Å²) in [5, 5.41) is 8.86. The van der Waals surface area contributed by atoms with Gasteiger partial charge in [-0.1, -0.05) is 30.3 Å². The molecule has 0 saturated heterocycles. The Labute approximate surface area is 144 Å². The number of amides is 1. The SMILES string of the molecule is N#CCN(C(=O)COC(=O)/C=C/c1ccc(F)cc1)c1ccccc1. The van der Waals surface area contributed by atoms with Crippen LogP contribution in [0.3, 0.4) is 0 Å². The van der Waals surface area contributed by atoms with Gasteiger partial charge in [0.15, 0.2) is 6.61 Å². The van der Waals surface area contributed by atoms with Gasteiger partial charge in [0.25, 0.3) is 5.91 Å². The first-order valence-corrected chi connectivity index (χ1v) is 7.43. The summed E-state index contributed by atoms with van der Waals surface area (Å²) in [5.41, 5.74) is 1.17. The summed E-state index contributed by atoms with van der Waals surface area (Å²) >= 11 is 0. The lowest BCUT2D eigenvalue weighted by Gasteiger charge is -2.19. The molecule has 25 heavy (non-hydrogen) atoms. The molecule has 1 amide bonds. The molecule has 0 radical (unpaired) electrons. The molecular weight excluding hydrogens is 323 g/mol. The quantitative estimate of drug-likeness (QED) is 0.461. The van der Waals surface area contributed by atoms with Crippen molar-refractivity contribution in [3.05, 3.63) is 72.1 Å². The molecule has 2 rings (SSSR count). The molecule has 0 fully saturated rings. The molecule has 0 spiro atoms. The lowest BCUT2D eigenvalue weighted by atomic mass is 10.2. The molecule has 0 saturated carbocycles. The van der Waals surface area contributed by atoms with Gasteiger partial charge in [0.05, 0.1) is 6.07 Å². The minimum absolute atomic E-state index is 0.147. The molecule has 0 aliphatic rings. The molecular formula is C19H15FN2O3. The largest absolute Gasteiger partial charge is 0.452 e.